The minimum Gasteiger partial charge on any atom is -0.313 e. The predicted molar refractivity (Wildman–Crippen MR) is 73.4 cm³/mol. The van der Waals surface area contributed by atoms with Crippen LogP contribution in [0.1, 0.15) is 17.2 Å². The zero-order valence-electron chi connectivity index (χ0n) is 10.2. The summed E-state index contributed by atoms with van der Waals surface area (Å²) in [5.41, 5.74) is 2.14. The van der Waals surface area contributed by atoms with Gasteiger partial charge in [-0.25, -0.2) is 4.39 Å². The quantitative estimate of drug-likeness (QED) is 0.880. The monoisotopic (exact) mass is 263 g/mol. The molecule has 1 atom stereocenters. The Balaban J connectivity index is 2.20. The van der Waals surface area contributed by atoms with Gasteiger partial charge in [0.2, 0.25) is 0 Å². The Morgan fingerprint density at radius 1 is 1.11 bits per heavy atom. The lowest BCUT2D eigenvalue weighted by Gasteiger charge is -2.17. The zero-order valence-corrected chi connectivity index (χ0v) is 10.9. The van der Waals surface area contributed by atoms with Gasteiger partial charge in [-0.2, -0.15) is 0 Å². The molecule has 0 radical (unpaired) electrons. The van der Waals surface area contributed by atoms with Crippen LogP contribution in [-0.4, -0.2) is 7.05 Å². The standard InChI is InChI=1S/C15H15ClFN/c1-18-15(11-6-8-13(17)9-7-11)10-12-4-2-3-5-14(12)16/h2-9,15,18H,10H2,1H3. The first-order chi connectivity index (χ1) is 8.70. The van der Waals surface area contributed by atoms with Gasteiger partial charge in [0.15, 0.2) is 0 Å². The lowest BCUT2D eigenvalue weighted by molar-refractivity contribution is 0.586. The van der Waals surface area contributed by atoms with Crippen LogP contribution in [0.4, 0.5) is 4.39 Å². The number of halogens is 2. The van der Waals surface area contributed by atoms with E-state index in [0.717, 1.165) is 22.6 Å². The Hall–Kier alpha value is -1.38. The first-order valence-corrected chi connectivity index (χ1v) is 6.24. The first-order valence-electron chi connectivity index (χ1n) is 5.87. The highest BCUT2D eigenvalue weighted by Crippen LogP contribution is 2.23. The van der Waals surface area contributed by atoms with Crippen molar-refractivity contribution in [1.29, 1.82) is 0 Å². The molecule has 0 spiro atoms. The molecule has 94 valence electrons. The third kappa shape index (κ3) is 3.09. The van der Waals surface area contributed by atoms with Crippen molar-refractivity contribution in [3.05, 3.63) is 70.5 Å². The molecule has 0 heterocycles. The smallest absolute Gasteiger partial charge is 0.123 e. The van der Waals surface area contributed by atoms with E-state index >= 15 is 0 Å². The summed E-state index contributed by atoms with van der Waals surface area (Å²) in [7, 11) is 1.89. The molecule has 0 amide bonds. The molecule has 3 heteroatoms. The van der Waals surface area contributed by atoms with Crippen LogP contribution >= 0.6 is 11.6 Å². The molecule has 0 aliphatic rings. The van der Waals surface area contributed by atoms with Crippen molar-refractivity contribution in [2.45, 2.75) is 12.5 Å². The lowest BCUT2D eigenvalue weighted by Crippen LogP contribution is -2.19. The normalized spacial score (nSPS) is 12.4. The number of nitrogens with one attached hydrogen (secondary N) is 1. The van der Waals surface area contributed by atoms with Gasteiger partial charge in [0.05, 0.1) is 0 Å². The van der Waals surface area contributed by atoms with E-state index < -0.39 is 0 Å². The fourth-order valence-electron chi connectivity index (χ4n) is 1.97. The molecule has 0 aliphatic heterocycles. The van der Waals surface area contributed by atoms with E-state index in [1.165, 1.54) is 12.1 Å². The Kier molecular flexibility index (Phi) is 4.34. The highest BCUT2D eigenvalue weighted by molar-refractivity contribution is 6.31. The van der Waals surface area contributed by atoms with Gasteiger partial charge in [-0.3, -0.25) is 0 Å². The molecule has 0 saturated carbocycles. The van der Waals surface area contributed by atoms with Crippen molar-refractivity contribution in [3.63, 3.8) is 0 Å². The van der Waals surface area contributed by atoms with E-state index in [2.05, 4.69) is 5.32 Å². The SMILES string of the molecule is CNC(Cc1ccccc1Cl)c1ccc(F)cc1. The lowest BCUT2D eigenvalue weighted by atomic mass is 9.99. The van der Waals surface area contributed by atoms with Crippen LogP contribution in [-0.2, 0) is 6.42 Å². The van der Waals surface area contributed by atoms with Crippen LogP contribution in [0.3, 0.4) is 0 Å². The van der Waals surface area contributed by atoms with Crippen LogP contribution < -0.4 is 5.32 Å². The highest BCUT2D eigenvalue weighted by Gasteiger charge is 2.11. The summed E-state index contributed by atoms with van der Waals surface area (Å²) >= 11 is 6.15. The second-order valence-corrected chi connectivity index (χ2v) is 4.60. The van der Waals surface area contributed by atoms with Gasteiger partial charge in [-0.15, -0.1) is 0 Å². The van der Waals surface area contributed by atoms with Gasteiger partial charge < -0.3 is 5.32 Å². The van der Waals surface area contributed by atoms with Crippen molar-refractivity contribution < 1.29 is 4.39 Å². The molecular weight excluding hydrogens is 249 g/mol. The maximum atomic E-state index is 12.9. The van der Waals surface area contributed by atoms with Gasteiger partial charge in [-0.1, -0.05) is 41.9 Å². The van der Waals surface area contributed by atoms with E-state index in [0.29, 0.717) is 0 Å². The molecule has 1 N–H and O–H groups in total. The maximum Gasteiger partial charge on any atom is 0.123 e. The zero-order chi connectivity index (χ0) is 13.0. The number of hydrogen-bond donors (Lipinski definition) is 1. The van der Waals surface area contributed by atoms with Crippen LogP contribution in [0.2, 0.25) is 5.02 Å². The van der Waals surface area contributed by atoms with Crippen molar-refractivity contribution in [3.8, 4) is 0 Å². The fraction of sp³-hybridized carbons (Fsp3) is 0.200. The van der Waals surface area contributed by atoms with Crippen LogP contribution in [0, 0.1) is 5.82 Å². The number of hydrogen-bond acceptors (Lipinski definition) is 1. The largest absolute Gasteiger partial charge is 0.313 e. The molecule has 0 aromatic heterocycles. The Morgan fingerprint density at radius 3 is 2.39 bits per heavy atom. The number of likely N-dealkylation sites (N-methyl/N-ethyl adjacent to an activating group) is 1. The number of rotatable bonds is 4. The van der Waals surface area contributed by atoms with Crippen LogP contribution in [0.25, 0.3) is 0 Å². The van der Waals surface area contributed by atoms with Crippen molar-refractivity contribution in [1.82, 2.24) is 5.32 Å². The third-order valence-electron chi connectivity index (χ3n) is 3.00. The molecule has 2 rings (SSSR count). The minimum absolute atomic E-state index is 0.130. The van der Waals surface area contributed by atoms with Gasteiger partial charge in [0, 0.05) is 11.1 Å². The molecule has 1 nitrogen and oxygen atoms in total. The van der Waals surface area contributed by atoms with Crippen molar-refractivity contribution in [2.75, 3.05) is 7.05 Å². The van der Waals surface area contributed by atoms with E-state index in [9.17, 15) is 4.39 Å². The molecule has 0 saturated heterocycles. The summed E-state index contributed by atoms with van der Waals surface area (Å²) in [5.74, 6) is -0.216. The summed E-state index contributed by atoms with van der Waals surface area (Å²) in [6.45, 7) is 0. The molecule has 2 aromatic rings. The second kappa shape index (κ2) is 5.98. The summed E-state index contributed by atoms with van der Waals surface area (Å²) in [6.07, 6.45) is 0.780. The van der Waals surface area contributed by atoms with Crippen molar-refractivity contribution in [2.24, 2.45) is 0 Å². The highest BCUT2D eigenvalue weighted by atomic mass is 35.5. The Bertz CT molecular complexity index is 510. The molecule has 0 fully saturated rings. The second-order valence-electron chi connectivity index (χ2n) is 4.19. The van der Waals surface area contributed by atoms with E-state index in [1.54, 1.807) is 12.1 Å². The summed E-state index contributed by atoms with van der Waals surface area (Å²) in [5, 5.41) is 4.00. The molecule has 0 bridgehead atoms. The van der Waals surface area contributed by atoms with E-state index in [1.807, 2.05) is 31.3 Å². The maximum absolute atomic E-state index is 12.9. The summed E-state index contributed by atoms with van der Waals surface area (Å²) in [4.78, 5) is 0. The van der Waals surface area contributed by atoms with E-state index in [-0.39, 0.29) is 11.9 Å². The average Bonchev–Trinajstić information content (AvgIpc) is 2.39. The average molecular weight is 264 g/mol. The summed E-state index contributed by atoms with van der Waals surface area (Å²) < 4.78 is 12.9. The topological polar surface area (TPSA) is 12.0 Å². The third-order valence-corrected chi connectivity index (χ3v) is 3.37. The molecule has 0 aliphatic carbocycles. The fourth-order valence-corrected chi connectivity index (χ4v) is 2.18. The predicted octanol–water partition coefficient (Wildman–Crippen LogP) is 3.98. The molecule has 18 heavy (non-hydrogen) atoms. The molecule has 1 unspecified atom stereocenters. The van der Waals surface area contributed by atoms with Gasteiger partial charge in [0.1, 0.15) is 5.82 Å². The molecule has 2 aromatic carbocycles. The minimum atomic E-state index is -0.216. The van der Waals surface area contributed by atoms with Crippen LogP contribution in [0.15, 0.2) is 48.5 Å². The first kappa shape index (κ1) is 13.1. The Labute approximate surface area is 112 Å². The number of benzene rings is 2. The molecular formula is C15H15ClFN. The van der Waals surface area contributed by atoms with Crippen LogP contribution in [0.5, 0.6) is 0 Å². The summed E-state index contributed by atoms with van der Waals surface area (Å²) in [6, 6.07) is 14.5. The van der Waals surface area contributed by atoms with Crippen molar-refractivity contribution >= 4 is 11.6 Å². The Morgan fingerprint density at radius 2 is 1.78 bits per heavy atom. The van der Waals surface area contributed by atoms with Gasteiger partial charge >= 0.3 is 0 Å². The van der Waals surface area contributed by atoms with Gasteiger partial charge in [0.25, 0.3) is 0 Å². The van der Waals surface area contributed by atoms with Gasteiger partial charge in [-0.05, 0) is 42.8 Å². The van der Waals surface area contributed by atoms with E-state index in [4.69, 9.17) is 11.6 Å².